The average molecular weight is 238 g/mol. The largest absolute Gasteiger partial charge is 0.466 e. The number of hydrogen-bond acceptors (Lipinski definition) is 4. The van der Waals surface area contributed by atoms with E-state index in [2.05, 4.69) is 6.58 Å². The second kappa shape index (κ2) is 5.75. The maximum atomic E-state index is 12.0. The Kier molecular flexibility index (Phi) is 4.61. The Morgan fingerprint density at radius 2 is 2.24 bits per heavy atom. The van der Waals surface area contributed by atoms with Gasteiger partial charge in [-0.3, -0.25) is 14.4 Å². The fourth-order valence-electron chi connectivity index (χ4n) is 2.21. The van der Waals surface area contributed by atoms with Crippen molar-refractivity contribution in [1.82, 2.24) is 0 Å². The van der Waals surface area contributed by atoms with Gasteiger partial charge in [-0.1, -0.05) is 6.08 Å². The number of hydrogen-bond donors (Lipinski definition) is 0. The molecule has 0 bridgehead atoms. The molecule has 0 saturated heterocycles. The maximum absolute atomic E-state index is 12.0. The monoisotopic (exact) mass is 238 g/mol. The summed E-state index contributed by atoms with van der Waals surface area (Å²) >= 11 is 0. The van der Waals surface area contributed by atoms with Gasteiger partial charge in [0.1, 0.15) is 11.6 Å². The van der Waals surface area contributed by atoms with Crippen LogP contribution in [0.1, 0.15) is 39.0 Å². The Bertz CT molecular complexity index is 345. The first kappa shape index (κ1) is 13.6. The molecule has 1 atom stereocenters. The molecule has 0 spiro atoms. The molecule has 0 heterocycles. The number of carbonyl (C=O) groups is 3. The topological polar surface area (TPSA) is 60.4 Å². The van der Waals surface area contributed by atoms with Crippen molar-refractivity contribution in [3.8, 4) is 0 Å². The standard InChI is InChI=1S/C13H18O4/c1-3-6-13(9-12(16)17-4-2)7-5-10(14)8-11(13)15/h3H,1,4-9H2,2H3/t13-/m1/s1. The van der Waals surface area contributed by atoms with Gasteiger partial charge in [0.15, 0.2) is 0 Å². The summed E-state index contributed by atoms with van der Waals surface area (Å²) in [7, 11) is 0. The van der Waals surface area contributed by atoms with Gasteiger partial charge in [-0.05, 0) is 19.8 Å². The van der Waals surface area contributed by atoms with Crippen molar-refractivity contribution in [2.45, 2.75) is 39.0 Å². The molecule has 0 N–H and O–H groups in total. The molecule has 4 heteroatoms. The molecule has 0 unspecified atom stereocenters. The molecular formula is C13H18O4. The van der Waals surface area contributed by atoms with E-state index in [1.165, 1.54) is 0 Å². The molecule has 1 aliphatic rings. The van der Waals surface area contributed by atoms with E-state index in [1.54, 1.807) is 13.0 Å². The predicted octanol–water partition coefficient (Wildman–Crippen LogP) is 1.82. The summed E-state index contributed by atoms with van der Waals surface area (Å²) in [4.78, 5) is 34.7. The zero-order valence-corrected chi connectivity index (χ0v) is 10.2. The van der Waals surface area contributed by atoms with E-state index in [0.717, 1.165) is 0 Å². The summed E-state index contributed by atoms with van der Waals surface area (Å²) in [6.45, 7) is 5.65. The molecule has 0 amide bonds. The molecule has 0 aromatic carbocycles. The minimum atomic E-state index is -0.762. The minimum Gasteiger partial charge on any atom is -0.466 e. The highest BCUT2D eigenvalue weighted by Crippen LogP contribution is 2.39. The van der Waals surface area contributed by atoms with Gasteiger partial charge >= 0.3 is 5.97 Å². The van der Waals surface area contributed by atoms with Gasteiger partial charge in [0, 0.05) is 11.8 Å². The van der Waals surface area contributed by atoms with Gasteiger partial charge in [-0.25, -0.2) is 0 Å². The van der Waals surface area contributed by atoms with Crippen LogP contribution in [0.15, 0.2) is 12.7 Å². The molecular weight excluding hydrogens is 220 g/mol. The zero-order valence-electron chi connectivity index (χ0n) is 10.2. The third kappa shape index (κ3) is 3.25. The second-order valence-electron chi connectivity index (χ2n) is 4.39. The van der Waals surface area contributed by atoms with Crippen molar-refractivity contribution >= 4 is 17.5 Å². The van der Waals surface area contributed by atoms with Crippen LogP contribution in [-0.4, -0.2) is 24.1 Å². The lowest BCUT2D eigenvalue weighted by Crippen LogP contribution is -2.39. The summed E-state index contributed by atoms with van der Waals surface area (Å²) in [5.74, 6) is -0.572. The Morgan fingerprint density at radius 3 is 2.76 bits per heavy atom. The SMILES string of the molecule is C=CC[C@]1(CC(=O)OCC)CCC(=O)CC1=O. The normalized spacial score (nSPS) is 24.5. The highest BCUT2D eigenvalue weighted by Gasteiger charge is 2.43. The van der Waals surface area contributed by atoms with Crippen molar-refractivity contribution in [2.75, 3.05) is 6.61 Å². The molecule has 0 aromatic rings. The second-order valence-corrected chi connectivity index (χ2v) is 4.39. The summed E-state index contributed by atoms with van der Waals surface area (Å²) in [6.07, 6.45) is 2.84. The third-order valence-corrected chi connectivity index (χ3v) is 3.15. The van der Waals surface area contributed by atoms with Crippen molar-refractivity contribution in [2.24, 2.45) is 5.41 Å². The van der Waals surface area contributed by atoms with Gasteiger partial charge in [-0.15, -0.1) is 6.58 Å². The van der Waals surface area contributed by atoms with E-state index >= 15 is 0 Å². The number of ether oxygens (including phenoxy) is 1. The quantitative estimate of drug-likeness (QED) is 0.416. The fourth-order valence-corrected chi connectivity index (χ4v) is 2.21. The Morgan fingerprint density at radius 1 is 1.53 bits per heavy atom. The number of Topliss-reactive ketones (excluding diaryl/α,β-unsaturated/α-hetero) is 2. The first-order valence-corrected chi connectivity index (χ1v) is 5.85. The molecule has 94 valence electrons. The van der Waals surface area contributed by atoms with Crippen LogP contribution in [0.25, 0.3) is 0 Å². The van der Waals surface area contributed by atoms with Crippen LogP contribution in [0.3, 0.4) is 0 Å². The first-order chi connectivity index (χ1) is 8.04. The van der Waals surface area contributed by atoms with Crippen molar-refractivity contribution in [3.63, 3.8) is 0 Å². The van der Waals surface area contributed by atoms with Gasteiger partial charge in [-0.2, -0.15) is 0 Å². The zero-order chi connectivity index (χ0) is 12.9. The Labute approximate surface area is 101 Å². The Hall–Kier alpha value is -1.45. The van der Waals surface area contributed by atoms with Crippen LogP contribution in [0, 0.1) is 5.41 Å². The van der Waals surface area contributed by atoms with E-state index in [-0.39, 0.29) is 30.4 Å². The van der Waals surface area contributed by atoms with E-state index in [0.29, 0.717) is 25.9 Å². The van der Waals surface area contributed by atoms with Crippen LogP contribution < -0.4 is 0 Å². The fraction of sp³-hybridized carbons (Fsp3) is 0.615. The van der Waals surface area contributed by atoms with E-state index in [1.807, 2.05) is 0 Å². The summed E-state index contributed by atoms with van der Waals surface area (Å²) in [6, 6.07) is 0. The van der Waals surface area contributed by atoms with Gasteiger partial charge in [0.05, 0.1) is 19.4 Å². The van der Waals surface area contributed by atoms with Gasteiger partial charge in [0.25, 0.3) is 0 Å². The van der Waals surface area contributed by atoms with Crippen molar-refractivity contribution < 1.29 is 19.1 Å². The lowest BCUT2D eigenvalue weighted by Gasteiger charge is -2.33. The van der Waals surface area contributed by atoms with Crippen LogP contribution in [0.2, 0.25) is 0 Å². The highest BCUT2D eigenvalue weighted by molar-refractivity contribution is 6.05. The van der Waals surface area contributed by atoms with Crippen LogP contribution in [0.4, 0.5) is 0 Å². The lowest BCUT2D eigenvalue weighted by molar-refractivity contribution is -0.152. The number of rotatable bonds is 5. The van der Waals surface area contributed by atoms with Gasteiger partial charge < -0.3 is 4.74 Å². The van der Waals surface area contributed by atoms with Gasteiger partial charge in [0.2, 0.25) is 0 Å². The number of esters is 1. The van der Waals surface area contributed by atoms with Crippen LogP contribution in [0.5, 0.6) is 0 Å². The predicted molar refractivity (Wildman–Crippen MR) is 62.4 cm³/mol. The first-order valence-electron chi connectivity index (χ1n) is 5.85. The van der Waals surface area contributed by atoms with Crippen molar-refractivity contribution in [3.05, 3.63) is 12.7 Å². The molecule has 0 radical (unpaired) electrons. The summed E-state index contributed by atoms with van der Waals surface area (Å²) in [5.41, 5.74) is -0.762. The third-order valence-electron chi connectivity index (χ3n) is 3.15. The molecule has 0 aliphatic heterocycles. The lowest BCUT2D eigenvalue weighted by atomic mass is 9.68. The molecule has 1 rings (SSSR count). The highest BCUT2D eigenvalue weighted by atomic mass is 16.5. The van der Waals surface area contributed by atoms with Crippen molar-refractivity contribution in [1.29, 1.82) is 0 Å². The maximum Gasteiger partial charge on any atom is 0.306 e. The van der Waals surface area contributed by atoms with E-state index < -0.39 is 5.41 Å². The average Bonchev–Trinajstić information content (AvgIpc) is 2.25. The molecule has 4 nitrogen and oxygen atoms in total. The molecule has 1 saturated carbocycles. The minimum absolute atomic E-state index is 0.0430. The summed E-state index contributed by atoms with van der Waals surface area (Å²) in [5, 5.41) is 0. The van der Waals surface area contributed by atoms with Crippen LogP contribution in [-0.2, 0) is 19.1 Å². The molecule has 1 aliphatic carbocycles. The smallest absolute Gasteiger partial charge is 0.306 e. The number of allylic oxidation sites excluding steroid dienone is 1. The molecule has 0 aromatic heterocycles. The molecule has 1 fully saturated rings. The van der Waals surface area contributed by atoms with E-state index in [4.69, 9.17) is 4.74 Å². The number of ketones is 2. The Balaban J connectivity index is 2.81. The summed E-state index contributed by atoms with van der Waals surface area (Å²) < 4.78 is 4.88. The number of carbonyl (C=O) groups excluding carboxylic acids is 3. The van der Waals surface area contributed by atoms with Crippen LogP contribution >= 0.6 is 0 Å². The molecule has 17 heavy (non-hydrogen) atoms. The van der Waals surface area contributed by atoms with E-state index in [9.17, 15) is 14.4 Å².